The van der Waals surface area contributed by atoms with Crippen LogP contribution in [0.5, 0.6) is 0 Å². The van der Waals surface area contributed by atoms with Gasteiger partial charge in [-0.2, -0.15) is 5.10 Å². The predicted octanol–water partition coefficient (Wildman–Crippen LogP) is 2.76. The van der Waals surface area contributed by atoms with Gasteiger partial charge in [-0.25, -0.2) is 9.67 Å². The SMILES string of the molecule is C[C@@H](NC(=O)C1CCN(c2cnccn2)CC1)c1cccc(-n2cccn2)c1. The molecule has 2 aromatic heterocycles. The molecule has 1 amide bonds. The highest BCUT2D eigenvalue weighted by Crippen LogP contribution is 2.23. The van der Waals surface area contributed by atoms with Crippen LogP contribution in [-0.4, -0.2) is 38.7 Å². The molecular weight excluding hydrogens is 352 g/mol. The molecule has 7 nitrogen and oxygen atoms in total. The Kier molecular flexibility index (Phi) is 5.32. The molecule has 1 fully saturated rings. The van der Waals surface area contributed by atoms with E-state index in [1.807, 2.05) is 42.1 Å². The molecule has 0 bridgehead atoms. The maximum absolute atomic E-state index is 12.8. The third-order valence-corrected chi connectivity index (χ3v) is 5.24. The van der Waals surface area contributed by atoms with E-state index < -0.39 is 0 Å². The summed E-state index contributed by atoms with van der Waals surface area (Å²) in [5.74, 6) is 1.03. The Hall–Kier alpha value is -3.22. The van der Waals surface area contributed by atoms with Crippen LogP contribution in [0.1, 0.15) is 31.4 Å². The monoisotopic (exact) mass is 376 g/mol. The number of nitrogens with one attached hydrogen (secondary N) is 1. The number of benzene rings is 1. The third-order valence-electron chi connectivity index (χ3n) is 5.24. The van der Waals surface area contributed by atoms with E-state index >= 15 is 0 Å². The number of hydrogen-bond acceptors (Lipinski definition) is 5. The summed E-state index contributed by atoms with van der Waals surface area (Å²) >= 11 is 0. The van der Waals surface area contributed by atoms with Gasteiger partial charge in [-0.15, -0.1) is 0 Å². The van der Waals surface area contributed by atoms with Crippen LogP contribution >= 0.6 is 0 Å². The lowest BCUT2D eigenvalue weighted by atomic mass is 9.95. The number of nitrogens with zero attached hydrogens (tertiary/aromatic N) is 5. The second-order valence-electron chi connectivity index (χ2n) is 7.10. The Morgan fingerprint density at radius 2 is 2.04 bits per heavy atom. The van der Waals surface area contributed by atoms with Gasteiger partial charge in [0.25, 0.3) is 0 Å². The van der Waals surface area contributed by atoms with Gasteiger partial charge in [-0.1, -0.05) is 12.1 Å². The second-order valence-corrected chi connectivity index (χ2v) is 7.10. The molecule has 4 rings (SSSR count). The quantitative estimate of drug-likeness (QED) is 0.741. The highest BCUT2D eigenvalue weighted by Gasteiger charge is 2.26. The number of piperidine rings is 1. The summed E-state index contributed by atoms with van der Waals surface area (Å²) in [5.41, 5.74) is 2.05. The first-order valence-corrected chi connectivity index (χ1v) is 9.62. The number of amides is 1. The molecule has 0 saturated carbocycles. The Morgan fingerprint density at radius 1 is 1.18 bits per heavy atom. The first-order chi connectivity index (χ1) is 13.7. The lowest BCUT2D eigenvalue weighted by Gasteiger charge is -2.32. The molecule has 3 heterocycles. The summed E-state index contributed by atoms with van der Waals surface area (Å²) in [6.45, 7) is 3.66. The third kappa shape index (κ3) is 4.03. The van der Waals surface area contributed by atoms with Gasteiger partial charge in [0.1, 0.15) is 5.82 Å². The lowest BCUT2D eigenvalue weighted by Crippen LogP contribution is -2.41. The molecule has 0 unspecified atom stereocenters. The maximum Gasteiger partial charge on any atom is 0.223 e. The zero-order chi connectivity index (χ0) is 19.3. The van der Waals surface area contributed by atoms with Gasteiger partial charge >= 0.3 is 0 Å². The van der Waals surface area contributed by atoms with Crippen LogP contribution in [0.25, 0.3) is 5.69 Å². The second kappa shape index (κ2) is 8.21. The van der Waals surface area contributed by atoms with E-state index in [2.05, 4.69) is 31.3 Å². The normalized spacial score (nSPS) is 16.0. The van der Waals surface area contributed by atoms with E-state index in [1.165, 1.54) is 0 Å². The fourth-order valence-corrected chi connectivity index (χ4v) is 3.60. The minimum Gasteiger partial charge on any atom is -0.355 e. The van der Waals surface area contributed by atoms with Gasteiger partial charge in [-0.3, -0.25) is 9.78 Å². The van der Waals surface area contributed by atoms with Crippen molar-refractivity contribution in [2.75, 3.05) is 18.0 Å². The number of aromatic nitrogens is 4. The molecule has 0 radical (unpaired) electrons. The van der Waals surface area contributed by atoms with Crippen molar-refractivity contribution >= 4 is 11.7 Å². The van der Waals surface area contributed by atoms with Crippen LogP contribution in [0, 0.1) is 5.92 Å². The van der Waals surface area contributed by atoms with Gasteiger partial charge in [-0.05, 0) is 43.5 Å². The molecule has 1 aromatic carbocycles. The van der Waals surface area contributed by atoms with Crippen molar-refractivity contribution in [3.05, 3.63) is 66.9 Å². The molecule has 1 saturated heterocycles. The Morgan fingerprint density at radius 3 is 2.75 bits per heavy atom. The first kappa shape index (κ1) is 18.2. The molecule has 7 heteroatoms. The van der Waals surface area contributed by atoms with Crippen LogP contribution in [0.15, 0.2) is 61.3 Å². The smallest absolute Gasteiger partial charge is 0.223 e. The number of hydrogen-bond donors (Lipinski definition) is 1. The molecule has 28 heavy (non-hydrogen) atoms. The minimum absolute atomic E-state index is 0.0321. The largest absolute Gasteiger partial charge is 0.355 e. The highest BCUT2D eigenvalue weighted by atomic mass is 16.1. The average molecular weight is 376 g/mol. The molecule has 1 aliphatic rings. The maximum atomic E-state index is 12.8. The first-order valence-electron chi connectivity index (χ1n) is 9.62. The Labute approximate surface area is 164 Å². The van der Waals surface area contributed by atoms with Gasteiger partial charge in [0, 0.05) is 43.8 Å². The van der Waals surface area contributed by atoms with Crippen molar-refractivity contribution in [3.8, 4) is 5.69 Å². The predicted molar refractivity (Wildman–Crippen MR) is 107 cm³/mol. The Bertz CT molecular complexity index is 904. The van der Waals surface area contributed by atoms with E-state index in [4.69, 9.17) is 0 Å². The zero-order valence-corrected chi connectivity index (χ0v) is 15.9. The van der Waals surface area contributed by atoms with Crippen molar-refractivity contribution in [2.24, 2.45) is 5.92 Å². The molecular formula is C21H24N6O. The molecule has 1 aliphatic heterocycles. The number of carbonyl (C=O) groups excluding carboxylic acids is 1. The fraction of sp³-hybridized carbons (Fsp3) is 0.333. The molecule has 144 valence electrons. The standard InChI is InChI=1S/C21H24N6O/c1-16(18-4-2-5-19(14-18)27-11-3-8-24-27)25-21(28)17-6-12-26(13-7-17)20-15-22-9-10-23-20/h2-5,8-11,14-17H,6-7,12-13H2,1H3,(H,25,28)/t16-/m1/s1. The number of rotatable bonds is 5. The van der Waals surface area contributed by atoms with E-state index in [-0.39, 0.29) is 17.9 Å². The lowest BCUT2D eigenvalue weighted by molar-refractivity contribution is -0.126. The molecule has 3 aromatic rings. The number of carbonyl (C=O) groups is 1. The van der Waals surface area contributed by atoms with Crippen LogP contribution in [0.3, 0.4) is 0 Å². The highest BCUT2D eigenvalue weighted by molar-refractivity contribution is 5.79. The van der Waals surface area contributed by atoms with Gasteiger partial charge < -0.3 is 10.2 Å². The van der Waals surface area contributed by atoms with Crippen LogP contribution in [-0.2, 0) is 4.79 Å². The van der Waals surface area contributed by atoms with E-state index in [0.717, 1.165) is 43.0 Å². The van der Waals surface area contributed by atoms with E-state index in [0.29, 0.717) is 0 Å². The van der Waals surface area contributed by atoms with Gasteiger partial charge in [0.05, 0.1) is 17.9 Å². The van der Waals surface area contributed by atoms with Gasteiger partial charge in [0.2, 0.25) is 5.91 Å². The average Bonchev–Trinajstić information content (AvgIpc) is 3.29. The van der Waals surface area contributed by atoms with Gasteiger partial charge in [0.15, 0.2) is 0 Å². The molecule has 1 N–H and O–H groups in total. The topological polar surface area (TPSA) is 75.9 Å². The number of anilines is 1. The van der Waals surface area contributed by atoms with E-state index in [9.17, 15) is 4.79 Å². The summed E-state index contributed by atoms with van der Waals surface area (Å²) in [7, 11) is 0. The van der Waals surface area contributed by atoms with Crippen LogP contribution in [0.4, 0.5) is 5.82 Å². The van der Waals surface area contributed by atoms with Crippen LogP contribution in [0.2, 0.25) is 0 Å². The summed E-state index contributed by atoms with van der Waals surface area (Å²) in [6.07, 6.45) is 10.5. The van der Waals surface area contributed by atoms with Crippen LogP contribution < -0.4 is 10.2 Å². The fourth-order valence-electron chi connectivity index (χ4n) is 3.60. The van der Waals surface area contributed by atoms with E-state index in [1.54, 1.807) is 24.8 Å². The van der Waals surface area contributed by atoms with Crippen molar-refractivity contribution < 1.29 is 4.79 Å². The Balaban J connectivity index is 1.35. The summed E-state index contributed by atoms with van der Waals surface area (Å²) < 4.78 is 1.82. The molecule has 0 aliphatic carbocycles. The zero-order valence-electron chi connectivity index (χ0n) is 15.9. The van der Waals surface area contributed by atoms with Crippen molar-refractivity contribution in [1.29, 1.82) is 0 Å². The van der Waals surface area contributed by atoms with Crippen molar-refractivity contribution in [1.82, 2.24) is 25.1 Å². The van der Waals surface area contributed by atoms with Crippen molar-refractivity contribution in [3.63, 3.8) is 0 Å². The summed E-state index contributed by atoms with van der Waals surface area (Å²) in [6, 6.07) is 9.94. The van der Waals surface area contributed by atoms with Crippen molar-refractivity contribution in [2.45, 2.75) is 25.8 Å². The minimum atomic E-state index is -0.0546. The molecule has 0 spiro atoms. The summed E-state index contributed by atoms with van der Waals surface area (Å²) in [5, 5.41) is 7.45. The summed E-state index contributed by atoms with van der Waals surface area (Å²) in [4.78, 5) is 23.4. The molecule has 1 atom stereocenters.